The van der Waals surface area contributed by atoms with Crippen LogP contribution in [0.3, 0.4) is 0 Å². The van der Waals surface area contributed by atoms with Crippen molar-refractivity contribution in [3.63, 3.8) is 0 Å². The molecule has 1 amide bonds. The number of alkyl halides is 3. The van der Waals surface area contributed by atoms with Crippen LogP contribution in [0, 0.1) is 0 Å². The van der Waals surface area contributed by atoms with Crippen LogP contribution in [0.4, 0.5) is 13.2 Å². The highest BCUT2D eigenvalue weighted by Crippen LogP contribution is 2.31. The molecule has 0 radical (unpaired) electrons. The number of hydrogen-bond donors (Lipinski definition) is 0. The van der Waals surface area contributed by atoms with Crippen LogP contribution in [0.5, 0.6) is 5.75 Å². The Hall–Kier alpha value is -3.04. The number of benzene rings is 3. The molecule has 3 aromatic carbocycles. The molecule has 0 aliphatic rings. The summed E-state index contributed by atoms with van der Waals surface area (Å²) in [5.74, 6) is -0.330. The molecule has 0 bridgehead atoms. The first-order chi connectivity index (χ1) is 16.4. The molecule has 3 rings (SSSR count). The molecule has 0 N–H and O–H groups in total. The van der Waals surface area contributed by atoms with Gasteiger partial charge in [-0.2, -0.15) is 21.6 Å². The molecule has 1 unspecified atom stereocenters. The lowest BCUT2D eigenvalue weighted by Gasteiger charge is -2.29. The third kappa shape index (κ3) is 6.76. The minimum atomic E-state index is -4.69. The van der Waals surface area contributed by atoms with Crippen LogP contribution in [0.15, 0.2) is 77.7 Å². The van der Waals surface area contributed by atoms with E-state index >= 15 is 0 Å². The zero-order chi connectivity index (χ0) is 25.8. The molecule has 10 heteroatoms. The van der Waals surface area contributed by atoms with Gasteiger partial charge < -0.3 is 9.08 Å². The predicted octanol–water partition coefficient (Wildman–Crippen LogP) is 6.57. The molecule has 35 heavy (non-hydrogen) atoms. The molecule has 0 aliphatic carbocycles. The smallest absolute Gasteiger partial charge is 0.379 e. The quantitative estimate of drug-likeness (QED) is 0.312. The second-order valence-corrected chi connectivity index (χ2v) is 9.89. The van der Waals surface area contributed by atoms with Crippen molar-refractivity contribution < 1.29 is 30.6 Å². The van der Waals surface area contributed by atoms with Crippen LogP contribution in [0.2, 0.25) is 5.02 Å². The van der Waals surface area contributed by atoms with Crippen LogP contribution in [0.1, 0.15) is 41.8 Å². The van der Waals surface area contributed by atoms with Crippen LogP contribution in [-0.4, -0.2) is 25.3 Å². The van der Waals surface area contributed by atoms with Gasteiger partial charge in [0.1, 0.15) is 10.6 Å². The number of carbonyl (C=O) groups excluding carboxylic acids is 1. The molecule has 1 atom stereocenters. The maximum Gasteiger partial charge on any atom is 0.416 e. The average Bonchev–Trinajstić information content (AvgIpc) is 2.81. The maximum atomic E-state index is 13.2. The minimum Gasteiger partial charge on any atom is -0.379 e. The number of rotatable bonds is 8. The highest BCUT2D eigenvalue weighted by molar-refractivity contribution is 7.87. The van der Waals surface area contributed by atoms with Gasteiger partial charge in [-0.05, 0) is 67.4 Å². The van der Waals surface area contributed by atoms with Crippen molar-refractivity contribution in [2.75, 3.05) is 0 Å². The Morgan fingerprint density at radius 1 is 1.03 bits per heavy atom. The fourth-order valence-corrected chi connectivity index (χ4v) is 4.49. The summed E-state index contributed by atoms with van der Waals surface area (Å²) in [6.07, 6.45) is -4.02. The minimum absolute atomic E-state index is 0.0841. The molecule has 0 aliphatic heterocycles. The van der Waals surface area contributed by atoms with Gasteiger partial charge in [0, 0.05) is 23.2 Å². The molecular formula is C25H23ClF3NO4S. The molecule has 0 heterocycles. The largest absolute Gasteiger partial charge is 0.416 e. The normalized spacial score (nSPS) is 12.7. The van der Waals surface area contributed by atoms with Crippen LogP contribution < -0.4 is 4.18 Å². The summed E-state index contributed by atoms with van der Waals surface area (Å²) in [5.41, 5.74) is -0.102. The number of amides is 1. The van der Waals surface area contributed by atoms with E-state index in [0.29, 0.717) is 28.6 Å². The van der Waals surface area contributed by atoms with Gasteiger partial charge in [0.2, 0.25) is 0 Å². The third-order valence-corrected chi connectivity index (χ3v) is 6.84. The van der Waals surface area contributed by atoms with E-state index in [1.165, 1.54) is 12.1 Å². The van der Waals surface area contributed by atoms with Gasteiger partial charge in [-0.1, -0.05) is 42.8 Å². The van der Waals surface area contributed by atoms with E-state index in [2.05, 4.69) is 0 Å². The van der Waals surface area contributed by atoms with Gasteiger partial charge in [0.15, 0.2) is 0 Å². The van der Waals surface area contributed by atoms with Crippen LogP contribution in [0.25, 0.3) is 0 Å². The molecule has 0 spiro atoms. The zero-order valence-electron chi connectivity index (χ0n) is 18.9. The van der Waals surface area contributed by atoms with Gasteiger partial charge in [0.05, 0.1) is 5.56 Å². The summed E-state index contributed by atoms with van der Waals surface area (Å²) >= 11 is 6.03. The number of halogens is 4. The van der Waals surface area contributed by atoms with Crippen molar-refractivity contribution in [3.05, 3.63) is 94.5 Å². The van der Waals surface area contributed by atoms with Gasteiger partial charge in [-0.25, -0.2) is 0 Å². The average molecular weight is 526 g/mol. The van der Waals surface area contributed by atoms with E-state index in [1.807, 2.05) is 13.8 Å². The summed E-state index contributed by atoms with van der Waals surface area (Å²) in [5, 5.41) is 0.426. The summed E-state index contributed by atoms with van der Waals surface area (Å²) in [6.45, 7) is 3.98. The van der Waals surface area contributed by atoms with Crippen molar-refractivity contribution >= 4 is 27.6 Å². The zero-order valence-corrected chi connectivity index (χ0v) is 20.5. The van der Waals surface area contributed by atoms with E-state index < -0.39 is 26.8 Å². The standard InChI is InChI=1S/C25H23ClF3NO4S/c1-3-17(2)30(24(31)19-8-5-10-21(26)14-19)16-18-7-4-11-22(13-18)34-35(32,33)23-12-6-9-20(15-23)25(27,28)29/h4-15,17H,3,16H2,1-2H3. The molecule has 0 fully saturated rings. The lowest BCUT2D eigenvalue weighted by Crippen LogP contribution is -2.37. The summed E-state index contributed by atoms with van der Waals surface area (Å²) < 4.78 is 69.3. The second kappa shape index (κ2) is 10.7. The van der Waals surface area contributed by atoms with Crippen molar-refractivity contribution in [1.82, 2.24) is 4.90 Å². The van der Waals surface area contributed by atoms with Gasteiger partial charge in [-0.15, -0.1) is 0 Å². The molecule has 186 valence electrons. The number of carbonyl (C=O) groups is 1. The Balaban J connectivity index is 1.85. The monoisotopic (exact) mass is 525 g/mol. The maximum absolute atomic E-state index is 13.2. The van der Waals surface area contributed by atoms with Crippen molar-refractivity contribution in [3.8, 4) is 5.75 Å². The van der Waals surface area contributed by atoms with E-state index in [9.17, 15) is 26.4 Å². The van der Waals surface area contributed by atoms with Gasteiger partial charge in [0.25, 0.3) is 5.91 Å². The summed E-state index contributed by atoms with van der Waals surface area (Å²) in [4.78, 5) is 14.2. The SMILES string of the molecule is CCC(C)N(Cc1cccc(OS(=O)(=O)c2cccc(C(F)(F)F)c2)c1)C(=O)c1cccc(Cl)c1. The molecule has 0 saturated heterocycles. The predicted molar refractivity (Wildman–Crippen MR) is 127 cm³/mol. The van der Waals surface area contributed by atoms with Crippen LogP contribution >= 0.6 is 11.6 Å². The summed E-state index contributed by atoms with van der Waals surface area (Å²) in [6, 6.07) is 15.8. The fraction of sp³-hybridized carbons (Fsp3) is 0.240. The van der Waals surface area contributed by atoms with Crippen molar-refractivity contribution in [2.24, 2.45) is 0 Å². The molecule has 3 aromatic rings. The van der Waals surface area contributed by atoms with Gasteiger partial charge >= 0.3 is 16.3 Å². The Bertz CT molecular complexity index is 1310. The second-order valence-electron chi connectivity index (χ2n) is 7.91. The van der Waals surface area contributed by atoms with E-state index in [-0.39, 0.29) is 24.2 Å². The number of nitrogens with zero attached hydrogens (tertiary/aromatic N) is 1. The lowest BCUT2D eigenvalue weighted by atomic mass is 10.1. The highest BCUT2D eigenvalue weighted by Gasteiger charge is 2.32. The Morgan fingerprint density at radius 2 is 1.71 bits per heavy atom. The lowest BCUT2D eigenvalue weighted by molar-refractivity contribution is -0.137. The Labute approximate surface area is 207 Å². The topological polar surface area (TPSA) is 63.7 Å². The van der Waals surface area contributed by atoms with E-state index in [4.69, 9.17) is 15.8 Å². The fourth-order valence-electron chi connectivity index (χ4n) is 3.33. The summed E-state index contributed by atoms with van der Waals surface area (Å²) in [7, 11) is -4.52. The first kappa shape index (κ1) is 26.6. The molecular weight excluding hydrogens is 503 g/mol. The first-order valence-electron chi connectivity index (χ1n) is 10.7. The Morgan fingerprint density at radius 3 is 2.37 bits per heavy atom. The van der Waals surface area contributed by atoms with Crippen molar-refractivity contribution in [1.29, 1.82) is 0 Å². The molecule has 0 aromatic heterocycles. The van der Waals surface area contributed by atoms with Crippen LogP contribution in [-0.2, 0) is 22.8 Å². The molecule has 5 nitrogen and oxygen atoms in total. The van der Waals surface area contributed by atoms with Gasteiger partial charge in [-0.3, -0.25) is 4.79 Å². The highest BCUT2D eigenvalue weighted by atomic mass is 35.5. The van der Waals surface area contributed by atoms with E-state index in [1.54, 1.807) is 41.3 Å². The van der Waals surface area contributed by atoms with Crippen molar-refractivity contribution in [2.45, 2.75) is 43.9 Å². The third-order valence-electron chi connectivity index (χ3n) is 5.36. The molecule has 0 saturated carbocycles. The first-order valence-corrected chi connectivity index (χ1v) is 12.5. The van der Waals surface area contributed by atoms with E-state index in [0.717, 1.165) is 18.2 Å². The number of hydrogen-bond acceptors (Lipinski definition) is 4. The Kier molecular flexibility index (Phi) is 8.12.